The molecule has 8 unspecified atom stereocenters. The number of carbonyl (C=O) groups excluding carboxylic acids is 5. The zero-order valence-electron chi connectivity index (χ0n) is 34.4. The molecule has 1 fully saturated rings. The van der Waals surface area contributed by atoms with Gasteiger partial charge in [-0.3, -0.25) is 9.59 Å². The van der Waals surface area contributed by atoms with Crippen LogP contribution in [0, 0.1) is 35.5 Å². The standard InChI is InChI=1S/C41H68O10/c1-17-24(2)18-25(3)19-26(4)20-27(5)21-28(6)22-30(35(43)49-39(8,9)10)23-29(7)34(42)47-32-31(36(44)50-40(11,12)13)33(48-37(32)45)38(46)51-41(14,15)16/h21-22,24-27,29,31-33H,17-20,23H2,1-16H3. The van der Waals surface area contributed by atoms with Crippen molar-refractivity contribution in [3.8, 4) is 0 Å². The minimum absolute atomic E-state index is 0.0643. The summed E-state index contributed by atoms with van der Waals surface area (Å²) in [5, 5.41) is 0. The number of hydrogen-bond acceptors (Lipinski definition) is 10. The van der Waals surface area contributed by atoms with E-state index in [-0.39, 0.29) is 17.9 Å². The fourth-order valence-corrected chi connectivity index (χ4v) is 6.27. The molecule has 51 heavy (non-hydrogen) atoms. The summed E-state index contributed by atoms with van der Waals surface area (Å²) in [4.78, 5) is 66.2. The predicted molar refractivity (Wildman–Crippen MR) is 197 cm³/mol. The molecular formula is C41H68O10. The second kappa shape index (κ2) is 19.1. The van der Waals surface area contributed by atoms with Gasteiger partial charge in [-0.25, -0.2) is 14.4 Å². The summed E-state index contributed by atoms with van der Waals surface area (Å²) >= 11 is 0. The lowest BCUT2D eigenvalue weighted by Crippen LogP contribution is -2.44. The quantitative estimate of drug-likeness (QED) is 0.0662. The van der Waals surface area contributed by atoms with Gasteiger partial charge in [0.15, 0.2) is 5.92 Å². The smallest absolute Gasteiger partial charge is 0.349 e. The van der Waals surface area contributed by atoms with Gasteiger partial charge in [-0.05, 0) is 125 Å². The van der Waals surface area contributed by atoms with E-state index in [2.05, 4.69) is 40.7 Å². The number of cyclic esters (lactones) is 1. The van der Waals surface area contributed by atoms with Gasteiger partial charge in [-0.1, -0.05) is 59.6 Å². The molecule has 0 aromatic carbocycles. The van der Waals surface area contributed by atoms with Gasteiger partial charge >= 0.3 is 29.8 Å². The van der Waals surface area contributed by atoms with Crippen molar-refractivity contribution in [1.29, 1.82) is 0 Å². The van der Waals surface area contributed by atoms with Crippen LogP contribution in [0.25, 0.3) is 0 Å². The first-order valence-corrected chi connectivity index (χ1v) is 18.6. The lowest BCUT2D eigenvalue weighted by atomic mass is 9.84. The Balaban J connectivity index is 3.27. The highest BCUT2D eigenvalue weighted by molar-refractivity contribution is 5.96. The van der Waals surface area contributed by atoms with E-state index >= 15 is 0 Å². The zero-order chi connectivity index (χ0) is 39.6. The molecule has 0 aromatic rings. The minimum atomic E-state index is -1.75. The third-order valence-electron chi connectivity index (χ3n) is 8.31. The first-order valence-electron chi connectivity index (χ1n) is 18.6. The number of allylic oxidation sites excluding steroid dienone is 3. The van der Waals surface area contributed by atoms with Gasteiger partial charge in [-0.2, -0.15) is 0 Å². The van der Waals surface area contributed by atoms with Crippen LogP contribution in [0.4, 0.5) is 0 Å². The maximum atomic E-state index is 13.5. The highest BCUT2D eigenvalue weighted by Crippen LogP contribution is 2.32. The molecule has 0 aromatic heterocycles. The van der Waals surface area contributed by atoms with Crippen LogP contribution in [0.2, 0.25) is 0 Å². The third-order valence-corrected chi connectivity index (χ3v) is 8.31. The van der Waals surface area contributed by atoms with E-state index in [9.17, 15) is 24.0 Å². The molecule has 0 saturated carbocycles. The maximum absolute atomic E-state index is 13.5. The Kier molecular flexibility index (Phi) is 17.1. The number of esters is 5. The Morgan fingerprint density at radius 1 is 0.745 bits per heavy atom. The van der Waals surface area contributed by atoms with Crippen molar-refractivity contribution in [1.82, 2.24) is 0 Å². The van der Waals surface area contributed by atoms with Crippen molar-refractivity contribution < 1.29 is 47.7 Å². The van der Waals surface area contributed by atoms with Crippen LogP contribution < -0.4 is 0 Å². The highest BCUT2D eigenvalue weighted by Gasteiger charge is 2.57. The molecule has 8 atom stereocenters. The van der Waals surface area contributed by atoms with Crippen LogP contribution >= 0.6 is 0 Å². The van der Waals surface area contributed by atoms with Gasteiger partial charge in [0, 0.05) is 5.57 Å². The van der Waals surface area contributed by atoms with Crippen molar-refractivity contribution in [2.75, 3.05) is 0 Å². The molecule has 0 spiro atoms. The van der Waals surface area contributed by atoms with Crippen LogP contribution in [-0.2, 0) is 47.7 Å². The van der Waals surface area contributed by atoms with E-state index in [0.29, 0.717) is 11.8 Å². The maximum Gasteiger partial charge on any atom is 0.349 e. The van der Waals surface area contributed by atoms with Crippen LogP contribution in [0.1, 0.15) is 143 Å². The summed E-state index contributed by atoms with van der Waals surface area (Å²) in [6.45, 7) is 29.8. The van der Waals surface area contributed by atoms with Gasteiger partial charge in [0.05, 0.1) is 5.92 Å². The molecule has 0 aliphatic carbocycles. The van der Waals surface area contributed by atoms with Crippen LogP contribution in [0.5, 0.6) is 0 Å². The molecule has 0 bridgehead atoms. The first kappa shape index (κ1) is 45.9. The van der Waals surface area contributed by atoms with Crippen molar-refractivity contribution in [3.63, 3.8) is 0 Å². The van der Waals surface area contributed by atoms with Gasteiger partial charge in [0.1, 0.15) is 16.8 Å². The minimum Gasteiger partial charge on any atom is -0.460 e. The molecule has 0 radical (unpaired) electrons. The van der Waals surface area contributed by atoms with Gasteiger partial charge in [0.2, 0.25) is 12.2 Å². The summed E-state index contributed by atoms with van der Waals surface area (Å²) < 4.78 is 27.4. The fourth-order valence-electron chi connectivity index (χ4n) is 6.27. The fraction of sp³-hybridized carbons (Fsp3) is 0.780. The van der Waals surface area contributed by atoms with Gasteiger partial charge < -0.3 is 23.7 Å². The number of rotatable bonds is 16. The van der Waals surface area contributed by atoms with Crippen LogP contribution in [0.15, 0.2) is 23.3 Å². The molecule has 10 heteroatoms. The lowest BCUT2D eigenvalue weighted by molar-refractivity contribution is -0.179. The van der Waals surface area contributed by atoms with E-state index in [1.165, 1.54) is 12.8 Å². The highest BCUT2D eigenvalue weighted by atomic mass is 16.6. The number of hydrogen-bond donors (Lipinski definition) is 0. The Hall–Kier alpha value is -3.17. The molecule has 0 amide bonds. The summed E-state index contributed by atoms with van der Waals surface area (Å²) in [6.07, 6.45) is 4.94. The Morgan fingerprint density at radius 2 is 1.24 bits per heavy atom. The molecule has 1 aliphatic rings. The van der Waals surface area contributed by atoms with Crippen molar-refractivity contribution in [2.45, 2.75) is 172 Å². The zero-order valence-corrected chi connectivity index (χ0v) is 34.4. The summed E-state index contributed by atoms with van der Waals surface area (Å²) in [7, 11) is 0. The molecular weight excluding hydrogens is 652 g/mol. The molecule has 1 aliphatic heterocycles. The van der Waals surface area contributed by atoms with E-state index in [4.69, 9.17) is 23.7 Å². The Bertz CT molecular complexity index is 1270. The van der Waals surface area contributed by atoms with Crippen LogP contribution in [-0.4, -0.2) is 58.9 Å². The second-order valence-electron chi connectivity index (χ2n) is 17.9. The van der Waals surface area contributed by atoms with Crippen molar-refractivity contribution in [3.05, 3.63) is 23.3 Å². The van der Waals surface area contributed by atoms with E-state index in [0.717, 1.165) is 24.3 Å². The second-order valence-corrected chi connectivity index (χ2v) is 17.9. The van der Waals surface area contributed by atoms with Gasteiger partial charge in [-0.15, -0.1) is 0 Å². The van der Waals surface area contributed by atoms with Crippen molar-refractivity contribution in [2.24, 2.45) is 35.5 Å². The van der Waals surface area contributed by atoms with E-state index in [1.807, 2.05) is 6.92 Å². The average Bonchev–Trinajstić information content (AvgIpc) is 3.25. The first-order chi connectivity index (χ1) is 23.1. The van der Waals surface area contributed by atoms with E-state index < -0.39 is 70.7 Å². The van der Waals surface area contributed by atoms with Gasteiger partial charge in [0.25, 0.3) is 0 Å². The van der Waals surface area contributed by atoms with Crippen LogP contribution in [0.3, 0.4) is 0 Å². The Labute approximate surface area is 307 Å². The molecule has 0 N–H and O–H groups in total. The number of carbonyl (C=O) groups is 5. The normalized spacial score (nSPS) is 21.9. The summed E-state index contributed by atoms with van der Waals surface area (Å²) in [5.41, 5.74) is -1.58. The van der Waals surface area contributed by atoms with Crippen molar-refractivity contribution >= 4 is 29.8 Å². The molecule has 1 saturated heterocycles. The molecule has 292 valence electrons. The largest absolute Gasteiger partial charge is 0.460 e. The molecule has 10 nitrogen and oxygen atoms in total. The number of ether oxygens (including phenoxy) is 5. The molecule has 1 rings (SSSR count). The predicted octanol–water partition coefficient (Wildman–Crippen LogP) is 8.49. The SMILES string of the molecule is CCC(C)CC(C)CC(C)CC(C)C=C(C)C=C(CC(C)C(=O)OC1C(=O)OC(C(=O)OC(C)(C)C)C1C(=O)OC(C)(C)C)C(=O)OC(C)(C)C. The molecule has 1 heterocycles. The Morgan fingerprint density at radius 3 is 1.75 bits per heavy atom. The lowest BCUT2D eigenvalue weighted by Gasteiger charge is -2.27. The third kappa shape index (κ3) is 17.3. The topological polar surface area (TPSA) is 132 Å². The average molecular weight is 721 g/mol. The monoisotopic (exact) mass is 720 g/mol. The van der Waals surface area contributed by atoms with E-state index in [1.54, 1.807) is 75.3 Å². The summed E-state index contributed by atoms with van der Waals surface area (Å²) in [5.74, 6) is -4.77. The summed E-state index contributed by atoms with van der Waals surface area (Å²) in [6, 6.07) is 0.